The number of benzene rings is 7. The van der Waals surface area contributed by atoms with Gasteiger partial charge >= 0.3 is 0 Å². The lowest BCUT2D eigenvalue weighted by molar-refractivity contribution is 0.415. The van der Waals surface area contributed by atoms with Gasteiger partial charge in [0.1, 0.15) is 5.75 Å². The summed E-state index contributed by atoms with van der Waals surface area (Å²) in [4.78, 5) is 4.91. The Morgan fingerprint density at radius 3 is 1.55 bits per heavy atom. The SMILES string of the molecule is COc1ccc2c3c(ccc2c1)N(c1ccccc1)c1c(c2ccccc2c2ccccc12)N3c1ccccc1. The first-order chi connectivity index (χ1) is 19.8. The van der Waals surface area contributed by atoms with Crippen LogP contribution < -0.4 is 14.5 Å². The summed E-state index contributed by atoms with van der Waals surface area (Å²) in [6.07, 6.45) is 0. The summed E-state index contributed by atoms with van der Waals surface area (Å²) in [6.45, 7) is 0. The van der Waals surface area contributed by atoms with Gasteiger partial charge in [0.05, 0.1) is 29.9 Å². The number of anilines is 6. The highest BCUT2D eigenvalue weighted by molar-refractivity contribution is 6.27. The van der Waals surface area contributed by atoms with E-state index in [4.69, 9.17) is 4.74 Å². The average molecular weight is 515 g/mol. The van der Waals surface area contributed by atoms with E-state index >= 15 is 0 Å². The Bertz CT molecular complexity index is 2050. The Hall–Kier alpha value is -5.28. The van der Waals surface area contributed by atoms with Crippen molar-refractivity contribution >= 4 is 66.4 Å². The van der Waals surface area contributed by atoms with Gasteiger partial charge in [-0.25, -0.2) is 0 Å². The van der Waals surface area contributed by atoms with Gasteiger partial charge in [-0.1, -0.05) is 91.0 Å². The predicted molar refractivity (Wildman–Crippen MR) is 168 cm³/mol. The van der Waals surface area contributed by atoms with E-state index in [-0.39, 0.29) is 0 Å². The van der Waals surface area contributed by atoms with Crippen LogP contribution in [0.1, 0.15) is 0 Å². The lowest BCUT2D eigenvalue weighted by Gasteiger charge is -2.42. The van der Waals surface area contributed by atoms with Crippen molar-refractivity contribution in [3.63, 3.8) is 0 Å². The first-order valence-electron chi connectivity index (χ1n) is 13.6. The van der Waals surface area contributed by atoms with Crippen LogP contribution >= 0.6 is 0 Å². The van der Waals surface area contributed by atoms with Crippen molar-refractivity contribution in [2.75, 3.05) is 16.9 Å². The zero-order valence-electron chi connectivity index (χ0n) is 22.1. The molecule has 8 rings (SSSR count). The minimum Gasteiger partial charge on any atom is -0.497 e. The second-order valence-electron chi connectivity index (χ2n) is 10.2. The molecule has 7 aromatic rings. The van der Waals surface area contributed by atoms with E-state index in [0.29, 0.717) is 0 Å². The maximum atomic E-state index is 5.61. The van der Waals surface area contributed by atoms with Crippen molar-refractivity contribution < 1.29 is 4.74 Å². The van der Waals surface area contributed by atoms with Gasteiger partial charge in [-0.2, -0.15) is 0 Å². The molecule has 0 unspecified atom stereocenters. The van der Waals surface area contributed by atoms with Crippen LogP contribution in [-0.4, -0.2) is 7.11 Å². The minimum absolute atomic E-state index is 0.853. The Kier molecular flexibility index (Phi) is 5.04. The van der Waals surface area contributed by atoms with E-state index in [1.54, 1.807) is 7.11 Å². The van der Waals surface area contributed by atoms with E-state index in [2.05, 4.69) is 149 Å². The molecule has 0 bridgehead atoms. The van der Waals surface area contributed by atoms with Crippen molar-refractivity contribution in [1.29, 1.82) is 0 Å². The molecule has 1 aliphatic rings. The van der Waals surface area contributed by atoms with E-state index in [0.717, 1.165) is 33.9 Å². The first kappa shape index (κ1) is 22.7. The molecular formula is C37H26N2O. The maximum absolute atomic E-state index is 5.61. The average Bonchev–Trinajstić information content (AvgIpc) is 3.04. The molecular weight excluding hydrogens is 488 g/mol. The summed E-state index contributed by atoms with van der Waals surface area (Å²) in [5, 5.41) is 7.25. The van der Waals surface area contributed by atoms with Crippen LogP contribution in [0.3, 0.4) is 0 Å². The van der Waals surface area contributed by atoms with Gasteiger partial charge in [-0.3, -0.25) is 0 Å². The summed E-state index contributed by atoms with van der Waals surface area (Å²) in [5.74, 6) is 0.853. The molecule has 0 aromatic heterocycles. The minimum atomic E-state index is 0.853. The Balaban J connectivity index is 1.61. The number of methoxy groups -OCH3 is 1. The van der Waals surface area contributed by atoms with Gasteiger partial charge in [0.2, 0.25) is 0 Å². The summed E-state index contributed by atoms with van der Waals surface area (Å²) in [6, 6.07) is 49.9. The Morgan fingerprint density at radius 2 is 0.950 bits per heavy atom. The molecule has 0 radical (unpaired) electrons. The number of hydrogen-bond acceptors (Lipinski definition) is 3. The molecule has 0 amide bonds. The molecule has 190 valence electrons. The largest absolute Gasteiger partial charge is 0.497 e. The molecule has 1 heterocycles. The fourth-order valence-corrected chi connectivity index (χ4v) is 6.29. The van der Waals surface area contributed by atoms with E-state index in [9.17, 15) is 0 Å². The highest BCUT2D eigenvalue weighted by atomic mass is 16.5. The molecule has 0 saturated heterocycles. The molecule has 0 N–H and O–H groups in total. The topological polar surface area (TPSA) is 15.7 Å². The number of rotatable bonds is 3. The van der Waals surface area contributed by atoms with Gasteiger partial charge in [0.25, 0.3) is 0 Å². The number of fused-ring (bicyclic) bond motifs is 9. The monoisotopic (exact) mass is 514 g/mol. The molecule has 7 aromatic carbocycles. The fraction of sp³-hybridized carbons (Fsp3) is 0.0270. The molecule has 0 saturated carbocycles. The van der Waals surface area contributed by atoms with Crippen LogP contribution in [-0.2, 0) is 0 Å². The normalized spacial score (nSPS) is 12.5. The van der Waals surface area contributed by atoms with Crippen molar-refractivity contribution in [1.82, 2.24) is 0 Å². The molecule has 3 heteroatoms. The van der Waals surface area contributed by atoms with E-state index < -0.39 is 0 Å². The van der Waals surface area contributed by atoms with Gasteiger partial charge in [-0.05, 0) is 64.7 Å². The number of para-hydroxylation sites is 2. The van der Waals surface area contributed by atoms with Gasteiger partial charge in [-0.15, -0.1) is 0 Å². The molecule has 3 nitrogen and oxygen atoms in total. The highest BCUT2D eigenvalue weighted by Crippen LogP contribution is 2.60. The van der Waals surface area contributed by atoms with Crippen molar-refractivity contribution in [3.8, 4) is 5.75 Å². The van der Waals surface area contributed by atoms with Crippen molar-refractivity contribution in [3.05, 3.63) is 140 Å². The third-order valence-corrected chi connectivity index (χ3v) is 8.00. The van der Waals surface area contributed by atoms with Gasteiger partial charge < -0.3 is 14.5 Å². The number of nitrogens with zero attached hydrogens (tertiary/aromatic N) is 2. The highest BCUT2D eigenvalue weighted by Gasteiger charge is 2.35. The van der Waals surface area contributed by atoms with Gasteiger partial charge in [0, 0.05) is 27.5 Å². The first-order valence-corrected chi connectivity index (χ1v) is 13.6. The van der Waals surface area contributed by atoms with Crippen LogP contribution in [0, 0.1) is 0 Å². The van der Waals surface area contributed by atoms with Crippen molar-refractivity contribution in [2.45, 2.75) is 0 Å². The Labute approximate surface area is 233 Å². The van der Waals surface area contributed by atoms with Crippen LogP contribution in [0.15, 0.2) is 140 Å². The van der Waals surface area contributed by atoms with E-state index in [1.165, 1.54) is 38.3 Å². The zero-order chi connectivity index (χ0) is 26.6. The fourth-order valence-electron chi connectivity index (χ4n) is 6.29. The van der Waals surface area contributed by atoms with Crippen LogP contribution in [0.5, 0.6) is 5.75 Å². The molecule has 1 aliphatic heterocycles. The molecule has 0 aliphatic carbocycles. The molecule has 40 heavy (non-hydrogen) atoms. The predicted octanol–water partition coefficient (Wildman–Crippen LogP) is 10.4. The Morgan fingerprint density at radius 1 is 0.425 bits per heavy atom. The molecule has 0 atom stereocenters. The standard InChI is InChI=1S/C37H26N2O/c1-40-28-21-22-29-25(24-28)20-23-34-35(29)39(27-14-6-3-7-15-27)37-33-19-11-9-17-31(33)30-16-8-10-18-32(30)36(37)38(34)26-12-4-2-5-13-26/h2-24H,1H3. The summed E-state index contributed by atoms with van der Waals surface area (Å²) in [5.41, 5.74) is 6.92. The number of ether oxygens (including phenoxy) is 1. The van der Waals surface area contributed by atoms with Gasteiger partial charge in [0.15, 0.2) is 0 Å². The van der Waals surface area contributed by atoms with E-state index in [1.807, 2.05) is 0 Å². The summed E-state index contributed by atoms with van der Waals surface area (Å²) < 4.78 is 5.61. The zero-order valence-corrected chi connectivity index (χ0v) is 22.1. The van der Waals surface area contributed by atoms with Crippen LogP contribution in [0.4, 0.5) is 34.1 Å². The second kappa shape index (κ2) is 8.89. The number of hydrogen-bond donors (Lipinski definition) is 0. The maximum Gasteiger partial charge on any atom is 0.119 e. The third kappa shape index (κ3) is 3.25. The molecule has 0 fully saturated rings. The third-order valence-electron chi connectivity index (χ3n) is 8.00. The second-order valence-corrected chi connectivity index (χ2v) is 10.2. The lowest BCUT2D eigenvalue weighted by atomic mass is 9.92. The van der Waals surface area contributed by atoms with Crippen LogP contribution in [0.2, 0.25) is 0 Å². The quantitative estimate of drug-likeness (QED) is 0.218. The van der Waals surface area contributed by atoms with Crippen LogP contribution in [0.25, 0.3) is 32.3 Å². The van der Waals surface area contributed by atoms with Crippen molar-refractivity contribution in [2.24, 2.45) is 0 Å². The summed E-state index contributed by atoms with van der Waals surface area (Å²) in [7, 11) is 1.72. The smallest absolute Gasteiger partial charge is 0.119 e. The summed E-state index contributed by atoms with van der Waals surface area (Å²) >= 11 is 0. The molecule has 0 spiro atoms. The lowest BCUT2D eigenvalue weighted by Crippen LogP contribution is -2.25.